The van der Waals surface area contributed by atoms with Gasteiger partial charge in [-0.15, -0.1) is 0 Å². The second-order valence-corrected chi connectivity index (χ2v) is 9.98. The van der Waals surface area contributed by atoms with Crippen molar-refractivity contribution in [2.75, 3.05) is 19.7 Å². The fourth-order valence-corrected chi connectivity index (χ4v) is 5.37. The van der Waals surface area contributed by atoms with Gasteiger partial charge in [-0.1, -0.05) is 62.4 Å². The molecule has 2 aromatic rings. The number of benzene rings is 2. The number of carbonyl (C=O) groups excluding carboxylic acids is 2. The van der Waals surface area contributed by atoms with Crippen molar-refractivity contribution in [1.29, 1.82) is 0 Å². The van der Waals surface area contributed by atoms with Crippen molar-refractivity contribution in [3.63, 3.8) is 0 Å². The monoisotopic (exact) mass is 480 g/mol. The van der Waals surface area contributed by atoms with Gasteiger partial charge in [0.1, 0.15) is 12.6 Å². The van der Waals surface area contributed by atoms with E-state index in [1.165, 1.54) is 4.90 Å². The van der Waals surface area contributed by atoms with Gasteiger partial charge in [0.25, 0.3) is 0 Å². The summed E-state index contributed by atoms with van der Waals surface area (Å²) in [7, 11) is 0. The summed E-state index contributed by atoms with van der Waals surface area (Å²) in [5, 5.41) is 22.5. The number of carboxylic acids is 1. The molecule has 2 amide bonds. The first-order valence-electron chi connectivity index (χ1n) is 12.0. The van der Waals surface area contributed by atoms with E-state index >= 15 is 0 Å². The molecule has 1 saturated heterocycles. The minimum atomic E-state index is -1.15. The van der Waals surface area contributed by atoms with E-state index in [4.69, 9.17) is 4.74 Å². The van der Waals surface area contributed by atoms with Gasteiger partial charge in [-0.3, -0.25) is 4.79 Å². The van der Waals surface area contributed by atoms with E-state index in [-0.39, 0.29) is 25.5 Å². The van der Waals surface area contributed by atoms with Crippen LogP contribution < -0.4 is 5.32 Å². The van der Waals surface area contributed by atoms with Gasteiger partial charge in [0.15, 0.2) is 0 Å². The lowest BCUT2D eigenvalue weighted by atomic mass is 9.76. The highest BCUT2D eigenvalue weighted by Gasteiger charge is 2.44. The lowest BCUT2D eigenvalue weighted by molar-refractivity contribution is -0.159. The number of piperidine rings is 1. The average molecular weight is 481 g/mol. The summed E-state index contributed by atoms with van der Waals surface area (Å²) in [6.45, 7) is 3.99. The number of alkyl carbamates (subject to hydrolysis) is 1. The second-order valence-electron chi connectivity index (χ2n) is 9.98. The fourth-order valence-electron chi connectivity index (χ4n) is 5.37. The van der Waals surface area contributed by atoms with Gasteiger partial charge in [0.05, 0.1) is 12.5 Å². The van der Waals surface area contributed by atoms with Gasteiger partial charge in [-0.25, -0.2) is 9.59 Å². The SMILES string of the molecule is CC1(C)CCCN(C(=O)CC(O)CNC(=O)OCC2c3ccccc3-c3ccccc32)C1C(=O)O. The van der Waals surface area contributed by atoms with Crippen LogP contribution >= 0.6 is 0 Å². The molecule has 1 aliphatic heterocycles. The molecule has 0 bridgehead atoms. The van der Waals surface area contributed by atoms with Gasteiger partial charge in [0, 0.05) is 19.0 Å². The predicted molar refractivity (Wildman–Crippen MR) is 130 cm³/mol. The molecule has 2 aromatic carbocycles. The number of carboxylic acid groups (broad SMARTS) is 1. The summed E-state index contributed by atoms with van der Waals surface area (Å²) in [5.41, 5.74) is 3.91. The number of likely N-dealkylation sites (tertiary alicyclic amines) is 1. The normalized spacial score (nSPS) is 19.4. The molecule has 3 N–H and O–H groups in total. The minimum Gasteiger partial charge on any atom is -0.480 e. The molecular formula is C27H32N2O6. The van der Waals surface area contributed by atoms with E-state index in [2.05, 4.69) is 17.4 Å². The van der Waals surface area contributed by atoms with Crippen LogP contribution in [0.25, 0.3) is 11.1 Å². The molecular weight excluding hydrogens is 448 g/mol. The zero-order valence-electron chi connectivity index (χ0n) is 20.1. The Bertz CT molecular complexity index is 1070. The number of nitrogens with zero attached hydrogens (tertiary/aromatic N) is 1. The van der Waals surface area contributed by atoms with E-state index in [1.807, 2.05) is 50.2 Å². The molecule has 0 saturated carbocycles. The van der Waals surface area contributed by atoms with E-state index in [0.29, 0.717) is 19.4 Å². The van der Waals surface area contributed by atoms with E-state index in [1.54, 1.807) is 0 Å². The van der Waals surface area contributed by atoms with Crippen molar-refractivity contribution in [1.82, 2.24) is 10.2 Å². The molecule has 0 aromatic heterocycles. The van der Waals surface area contributed by atoms with Crippen LogP contribution in [0.5, 0.6) is 0 Å². The number of nitrogens with one attached hydrogen (secondary N) is 1. The van der Waals surface area contributed by atoms with Crippen molar-refractivity contribution in [2.45, 2.75) is 51.2 Å². The van der Waals surface area contributed by atoms with Gasteiger partial charge in [-0.2, -0.15) is 0 Å². The number of hydrogen-bond donors (Lipinski definition) is 3. The lowest BCUT2D eigenvalue weighted by Gasteiger charge is -2.44. The highest BCUT2D eigenvalue weighted by Crippen LogP contribution is 2.44. The highest BCUT2D eigenvalue weighted by atomic mass is 16.5. The Morgan fingerprint density at radius 1 is 1.09 bits per heavy atom. The third-order valence-corrected chi connectivity index (χ3v) is 7.06. The Hall–Kier alpha value is -3.39. The van der Waals surface area contributed by atoms with Crippen molar-refractivity contribution in [2.24, 2.45) is 5.41 Å². The first-order chi connectivity index (χ1) is 16.7. The van der Waals surface area contributed by atoms with Crippen LogP contribution in [-0.4, -0.2) is 64.9 Å². The van der Waals surface area contributed by atoms with Crippen molar-refractivity contribution >= 4 is 18.0 Å². The minimum absolute atomic E-state index is 0.0740. The number of fused-ring (bicyclic) bond motifs is 3. The van der Waals surface area contributed by atoms with Crippen LogP contribution in [0.1, 0.15) is 50.2 Å². The third kappa shape index (κ3) is 5.17. The molecule has 4 rings (SSSR count). The van der Waals surface area contributed by atoms with Crippen LogP contribution in [0, 0.1) is 5.41 Å². The van der Waals surface area contributed by atoms with Crippen LogP contribution in [-0.2, 0) is 14.3 Å². The molecule has 1 aliphatic carbocycles. The van der Waals surface area contributed by atoms with Crippen LogP contribution in [0.4, 0.5) is 4.79 Å². The lowest BCUT2D eigenvalue weighted by Crippen LogP contribution is -2.56. The molecule has 186 valence electrons. The first kappa shape index (κ1) is 24.7. The highest BCUT2D eigenvalue weighted by molar-refractivity contribution is 5.85. The van der Waals surface area contributed by atoms with Crippen LogP contribution in [0.2, 0.25) is 0 Å². The summed E-state index contributed by atoms with van der Waals surface area (Å²) >= 11 is 0. The van der Waals surface area contributed by atoms with Gasteiger partial charge < -0.3 is 25.2 Å². The Morgan fingerprint density at radius 3 is 2.29 bits per heavy atom. The van der Waals surface area contributed by atoms with Gasteiger partial charge >= 0.3 is 12.1 Å². The summed E-state index contributed by atoms with van der Waals surface area (Å²) in [6, 6.07) is 15.1. The van der Waals surface area contributed by atoms with E-state index < -0.39 is 35.5 Å². The zero-order chi connectivity index (χ0) is 25.2. The molecule has 2 atom stereocenters. The Labute approximate surface area is 204 Å². The number of aliphatic carboxylic acids is 1. The van der Waals surface area contributed by atoms with Crippen molar-refractivity contribution < 1.29 is 29.3 Å². The maximum atomic E-state index is 12.7. The van der Waals surface area contributed by atoms with Crippen molar-refractivity contribution in [3.8, 4) is 11.1 Å². The topological polar surface area (TPSA) is 116 Å². The number of ether oxygens (including phenoxy) is 1. The molecule has 8 heteroatoms. The summed E-state index contributed by atoms with van der Waals surface area (Å²) < 4.78 is 5.45. The summed E-state index contributed by atoms with van der Waals surface area (Å²) in [6.07, 6.45) is -0.692. The molecule has 2 aliphatic rings. The summed E-state index contributed by atoms with van der Waals surface area (Å²) in [5.74, 6) is -1.56. The van der Waals surface area contributed by atoms with Gasteiger partial charge in [0.2, 0.25) is 5.91 Å². The number of carbonyl (C=O) groups is 3. The van der Waals surface area contributed by atoms with E-state index in [0.717, 1.165) is 22.3 Å². The molecule has 35 heavy (non-hydrogen) atoms. The molecule has 1 fully saturated rings. The average Bonchev–Trinajstić information content (AvgIpc) is 3.14. The Balaban J connectivity index is 1.29. The smallest absolute Gasteiger partial charge is 0.407 e. The predicted octanol–water partition coefficient (Wildman–Crippen LogP) is 3.38. The Kier molecular flexibility index (Phi) is 7.12. The maximum Gasteiger partial charge on any atom is 0.407 e. The standard InChI is InChI=1S/C27H32N2O6/c1-27(2)12-7-13-29(24(27)25(32)33)23(31)14-17(30)15-28-26(34)35-16-22-20-10-5-3-8-18(20)19-9-4-6-11-21(19)22/h3-6,8-11,17,22,24,30H,7,12-16H2,1-2H3,(H,28,34)(H,32,33). The number of rotatable bonds is 7. The number of aliphatic hydroxyl groups is 1. The second kappa shape index (κ2) is 10.1. The first-order valence-corrected chi connectivity index (χ1v) is 12.0. The maximum absolute atomic E-state index is 12.7. The molecule has 1 heterocycles. The number of hydrogen-bond acceptors (Lipinski definition) is 5. The zero-order valence-corrected chi connectivity index (χ0v) is 20.1. The van der Waals surface area contributed by atoms with Crippen LogP contribution in [0.15, 0.2) is 48.5 Å². The molecule has 2 unspecified atom stereocenters. The van der Waals surface area contributed by atoms with Crippen LogP contribution in [0.3, 0.4) is 0 Å². The quantitative estimate of drug-likeness (QED) is 0.560. The third-order valence-electron chi connectivity index (χ3n) is 7.06. The van der Waals surface area contributed by atoms with E-state index in [9.17, 15) is 24.6 Å². The molecule has 8 nitrogen and oxygen atoms in total. The molecule has 0 radical (unpaired) electrons. The van der Waals surface area contributed by atoms with Crippen molar-refractivity contribution in [3.05, 3.63) is 59.7 Å². The fraction of sp³-hybridized carbons (Fsp3) is 0.444. The van der Waals surface area contributed by atoms with Gasteiger partial charge in [-0.05, 0) is 40.5 Å². The molecule has 0 spiro atoms. The number of amides is 2. The Morgan fingerprint density at radius 2 is 1.69 bits per heavy atom. The number of aliphatic hydroxyl groups excluding tert-OH is 1. The summed E-state index contributed by atoms with van der Waals surface area (Å²) in [4.78, 5) is 38.2. The largest absolute Gasteiger partial charge is 0.480 e.